The Hall–Kier alpha value is -0.570. The molecule has 0 heterocycles. The van der Waals surface area contributed by atoms with Crippen molar-refractivity contribution < 1.29 is 4.79 Å². The van der Waals surface area contributed by atoms with Crippen LogP contribution in [0.1, 0.15) is 47.0 Å². The monoisotopic (exact) mass is 200 g/mol. The average molecular weight is 200 g/mol. The molecule has 14 heavy (non-hydrogen) atoms. The van der Waals surface area contributed by atoms with Crippen LogP contribution in [0.15, 0.2) is 0 Å². The quantitative estimate of drug-likeness (QED) is 0.685. The maximum Gasteiger partial charge on any atom is 0.221 e. The summed E-state index contributed by atoms with van der Waals surface area (Å²) in [7, 11) is 0. The van der Waals surface area contributed by atoms with Gasteiger partial charge in [-0.2, -0.15) is 0 Å². The highest BCUT2D eigenvalue weighted by atomic mass is 16.1. The van der Waals surface area contributed by atoms with Crippen molar-refractivity contribution in [2.75, 3.05) is 6.54 Å². The standard InChI is InChI=1S/C11H24N2O/c1-5-9(6-2)8-13-10(14)7-11(3,4)12/h9H,5-8,12H2,1-4H3,(H,13,14). The summed E-state index contributed by atoms with van der Waals surface area (Å²) in [6, 6.07) is 0. The maximum absolute atomic E-state index is 11.4. The van der Waals surface area contributed by atoms with E-state index in [0.717, 1.165) is 19.4 Å². The van der Waals surface area contributed by atoms with Crippen molar-refractivity contribution in [2.24, 2.45) is 11.7 Å². The Labute approximate surface area is 87.4 Å². The number of hydrogen-bond acceptors (Lipinski definition) is 2. The number of rotatable bonds is 6. The van der Waals surface area contributed by atoms with Crippen molar-refractivity contribution in [3.63, 3.8) is 0 Å². The van der Waals surface area contributed by atoms with Gasteiger partial charge in [-0.15, -0.1) is 0 Å². The normalized spacial score (nSPS) is 11.9. The van der Waals surface area contributed by atoms with Gasteiger partial charge in [-0.1, -0.05) is 26.7 Å². The highest BCUT2D eigenvalue weighted by Crippen LogP contribution is 2.06. The summed E-state index contributed by atoms with van der Waals surface area (Å²) in [5, 5.41) is 2.92. The lowest BCUT2D eigenvalue weighted by Gasteiger charge is -2.19. The van der Waals surface area contributed by atoms with Crippen LogP contribution >= 0.6 is 0 Å². The van der Waals surface area contributed by atoms with Gasteiger partial charge < -0.3 is 11.1 Å². The zero-order chi connectivity index (χ0) is 11.2. The number of amides is 1. The van der Waals surface area contributed by atoms with E-state index in [1.165, 1.54) is 0 Å². The summed E-state index contributed by atoms with van der Waals surface area (Å²) in [5.41, 5.74) is 5.34. The Morgan fingerprint density at radius 1 is 1.36 bits per heavy atom. The molecule has 0 bridgehead atoms. The lowest BCUT2D eigenvalue weighted by molar-refractivity contribution is -0.122. The fraction of sp³-hybridized carbons (Fsp3) is 0.909. The summed E-state index contributed by atoms with van der Waals surface area (Å²) in [6.45, 7) is 8.80. The van der Waals surface area contributed by atoms with Crippen molar-refractivity contribution in [1.29, 1.82) is 0 Å². The smallest absolute Gasteiger partial charge is 0.221 e. The molecule has 0 aliphatic heterocycles. The first-order valence-corrected chi connectivity index (χ1v) is 5.44. The number of carbonyl (C=O) groups excluding carboxylic acids is 1. The van der Waals surface area contributed by atoms with E-state index < -0.39 is 5.54 Å². The third-order valence-electron chi connectivity index (χ3n) is 2.36. The molecule has 3 nitrogen and oxygen atoms in total. The molecule has 0 unspecified atom stereocenters. The number of hydrogen-bond donors (Lipinski definition) is 2. The molecule has 0 aromatic heterocycles. The second kappa shape index (κ2) is 6.02. The number of nitrogens with one attached hydrogen (secondary N) is 1. The van der Waals surface area contributed by atoms with Crippen LogP contribution in [-0.2, 0) is 4.79 Å². The molecule has 3 heteroatoms. The molecule has 3 N–H and O–H groups in total. The lowest BCUT2D eigenvalue weighted by Crippen LogP contribution is -2.40. The molecule has 0 aromatic rings. The second-order valence-electron chi connectivity index (χ2n) is 4.65. The van der Waals surface area contributed by atoms with Gasteiger partial charge in [0.15, 0.2) is 0 Å². The minimum Gasteiger partial charge on any atom is -0.356 e. The van der Waals surface area contributed by atoms with E-state index in [1.54, 1.807) is 0 Å². The Morgan fingerprint density at radius 2 is 1.86 bits per heavy atom. The third-order valence-corrected chi connectivity index (χ3v) is 2.36. The molecule has 84 valence electrons. The number of nitrogens with two attached hydrogens (primary N) is 1. The van der Waals surface area contributed by atoms with Crippen molar-refractivity contribution in [1.82, 2.24) is 5.32 Å². The molecule has 0 radical (unpaired) electrons. The molecule has 0 spiro atoms. The zero-order valence-corrected chi connectivity index (χ0v) is 9.89. The van der Waals surface area contributed by atoms with E-state index in [1.807, 2.05) is 13.8 Å². The summed E-state index contributed by atoms with van der Waals surface area (Å²) in [6.07, 6.45) is 2.62. The largest absolute Gasteiger partial charge is 0.356 e. The Balaban J connectivity index is 3.74. The van der Waals surface area contributed by atoms with Gasteiger partial charge in [0.05, 0.1) is 0 Å². The van der Waals surface area contributed by atoms with E-state index in [4.69, 9.17) is 5.73 Å². The first kappa shape index (κ1) is 13.4. The van der Waals surface area contributed by atoms with Crippen molar-refractivity contribution in [3.05, 3.63) is 0 Å². The van der Waals surface area contributed by atoms with Gasteiger partial charge in [0, 0.05) is 18.5 Å². The van der Waals surface area contributed by atoms with E-state index in [2.05, 4.69) is 19.2 Å². The van der Waals surface area contributed by atoms with Crippen LogP contribution < -0.4 is 11.1 Å². The molecule has 0 aliphatic rings. The highest BCUT2D eigenvalue weighted by molar-refractivity contribution is 5.77. The van der Waals surface area contributed by atoms with Crippen LogP contribution in [0.2, 0.25) is 0 Å². The SMILES string of the molecule is CCC(CC)CNC(=O)CC(C)(C)N. The van der Waals surface area contributed by atoms with E-state index >= 15 is 0 Å². The van der Waals surface area contributed by atoms with Crippen LogP contribution in [0.25, 0.3) is 0 Å². The molecule has 0 fully saturated rings. The number of carbonyl (C=O) groups is 1. The van der Waals surface area contributed by atoms with Crippen LogP contribution in [0.4, 0.5) is 0 Å². The topological polar surface area (TPSA) is 55.1 Å². The Bertz CT molecular complexity index is 169. The molecule has 0 saturated heterocycles. The minimum atomic E-state index is -0.405. The zero-order valence-electron chi connectivity index (χ0n) is 9.89. The fourth-order valence-corrected chi connectivity index (χ4v) is 1.31. The fourth-order valence-electron chi connectivity index (χ4n) is 1.31. The van der Waals surface area contributed by atoms with Gasteiger partial charge in [0.2, 0.25) is 5.91 Å². The molecular formula is C11H24N2O. The van der Waals surface area contributed by atoms with Gasteiger partial charge in [-0.3, -0.25) is 4.79 Å². The van der Waals surface area contributed by atoms with Crippen LogP contribution in [-0.4, -0.2) is 18.0 Å². The summed E-state index contributed by atoms with van der Waals surface area (Å²) < 4.78 is 0. The molecule has 0 rings (SSSR count). The molecular weight excluding hydrogens is 176 g/mol. The molecule has 0 saturated carbocycles. The van der Waals surface area contributed by atoms with E-state index in [-0.39, 0.29) is 5.91 Å². The molecule has 0 aliphatic carbocycles. The molecule has 0 atom stereocenters. The minimum absolute atomic E-state index is 0.0596. The lowest BCUT2D eigenvalue weighted by atomic mass is 10.0. The van der Waals surface area contributed by atoms with Gasteiger partial charge in [0.1, 0.15) is 0 Å². The van der Waals surface area contributed by atoms with Gasteiger partial charge in [-0.05, 0) is 19.8 Å². The Kier molecular flexibility index (Phi) is 5.77. The Morgan fingerprint density at radius 3 is 2.21 bits per heavy atom. The van der Waals surface area contributed by atoms with Crippen molar-refractivity contribution in [2.45, 2.75) is 52.5 Å². The summed E-state index contributed by atoms with van der Waals surface area (Å²) in [4.78, 5) is 11.4. The van der Waals surface area contributed by atoms with Crippen LogP contribution in [0.3, 0.4) is 0 Å². The van der Waals surface area contributed by atoms with Gasteiger partial charge in [-0.25, -0.2) is 0 Å². The van der Waals surface area contributed by atoms with Crippen molar-refractivity contribution in [3.8, 4) is 0 Å². The van der Waals surface area contributed by atoms with Gasteiger partial charge in [0.25, 0.3) is 0 Å². The van der Waals surface area contributed by atoms with E-state index in [9.17, 15) is 4.79 Å². The van der Waals surface area contributed by atoms with Crippen LogP contribution in [0.5, 0.6) is 0 Å². The third kappa shape index (κ3) is 6.89. The van der Waals surface area contributed by atoms with Crippen LogP contribution in [0, 0.1) is 5.92 Å². The summed E-state index contributed by atoms with van der Waals surface area (Å²) >= 11 is 0. The summed E-state index contributed by atoms with van der Waals surface area (Å²) in [5.74, 6) is 0.657. The second-order valence-corrected chi connectivity index (χ2v) is 4.65. The average Bonchev–Trinajstić information content (AvgIpc) is 2.03. The molecule has 0 aromatic carbocycles. The van der Waals surface area contributed by atoms with Gasteiger partial charge >= 0.3 is 0 Å². The predicted octanol–water partition coefficient (Wildman–Crippen LogP) is 1.67. The first-order valence-electron chi connectivity index (χ1n) is 5.44. The maximum atomic E-state index is 11.4. The first-order chi connectivity index (χ1) is 6.39. The highest BCUT2D eigenvalue weighted by Gasteiger charge is 2.16. The molecule has 1 amide bonds. The van der Waals surface area contributed by atoms with E-state index in [0.29, 0.717) is 12.3 Å². The van der Waals surface area contributed by atoms with Crippen molar-refractivity contribution >= 4 is 5.91 Å². The predicted molar refractivity (Wildman–Crippen MR) is 60.0 cm³/mol.